The minimum absolute atomic E-state index is 0.940. The fourth-order valence-electron chi connectivity index (χ4n) is 3.11. The van der Waals surface area contributed by atoms with Crippen LogP contribution in [0.15, 0.2) is 0 Å². The smallest absolute Gasteiger partial charge is 0.0107 e. The molecule has 0 aromatic carbocycles. The third-order valence-electron chi connectivity index (χ3n) is 4.17. The highest BCUT2D eigenvalue weighted by Crippen LogP contribution is 2.18. The quantitative estimate of drug-likeness (QED) is 0.707. The molecule has 2 aliphatic rings. The number of nitrogens with zero attached hydrogens (tertiary/aromatic N) is 2. The van der Waals surface area contributed by atoms with Gasteiger partial charge in [0, 0.05) is 39.3 Å². The molecule has 0 bridgehead atoms. The highest BCUT2D eigenvalue weighted by Gasteiger charge is 2.24. The zero-order valence-electron chi connectivity index (χ0n) is 11.5. The van der Waals surface area contributed by atoms with E-state index in [-0.39, 0.29) is 0 Å². The minimum atomic E-state index is 0.940. The molecule has 0 saturated carbocycles. The zero-order chi connectivity index (χ0) is 11.9. The van der Waals surface area contributed by atoms with E-state index in [1.54, 1.807) is 0 Å². The first-order valence-electron chi connectivity index (χ1n) is 7.54. The summed E-state index contributed by atoms with van der Waals surface area (Å²) in [6, 6.07) is 0. The van der Waals surface area contributed by atoms with Gasteiger partial charge in [0.25, 0.3) is 0 Å². The molecule has 0 amide bonds. The van der Waals surface area contributed by atoms with Crippen molar-refractivity contribution >= 4 is 0 Å². The fourth-order valence-corrected chi connectivity index (χ4v) is 3.11. The Morgan fingerprint density at radius 3 is 2.65 bits per heavy atom. The highest BCUT2D eigenvalue weighted by atomic mass is 15.2. The van der Waals surface area contributed by atoms with Crippen LogP contribution in [0.1, 0.15) is 32.6 Å². The van der Waals surface area contributed by atoms with E-state index >= 15 is 0 Å². The molecule has 17 heavy (non-hydrogen) atoms. The second-order valence-electron chi connectivity index (χ2n) is 5.71. The lowest BCUT2D eigenvalue weighted by Gasteiger charge is -2.29. The number of hydrogen-bond acceptors (Lipinski definition) is 3. The van der Waals surface area contributed by atoms with E-state index in [0.717, 1.165) is 5.92 Å². The van der Waals surface area contributed by atoms with Crippen molar-refractivity contribution in [3.8, 4) is 0 Å². The van der Waals surface area contributed by atoms with Crippen LogP contribution < -0.4 is 5.32 Å². The molecular formula is C14H29N3. The number of likely N-dealkylation sites (tertiary alicyclic amines) is 1. The topological polar surface area (TPSA) is 18.5 Å². The van der Waals surface area contributed by atoms with Gasteiger partial charge in [-0.2, -0.15) is 0 Å². The van der Waals surface area contributed by atoms with Crippen molar-refractivity contribution in [1.82, 2.24) is 15.1 Å². The molecule has 3 nitrogen and oxygen atoms in total. The second kappa shape index (κ2) is 7.34. The average molecular weight is 239 g/mol. The molecular weight excluding hydrogens is 210 g/mol. The van der Waals surface area contributed by atoms with Gasteiger partial charge in [0.2, 0.25) is 0 Å². The van der Waals surface area contributed by atoms with Crippen LogP contribution in [-0.4, -0.2) is 62.2 Å². The molecule has 0 aromatic rings. The first-order chi connectivity index (χ1) is 8.38. The third kappa shape index (κ3) is 4.57. The van der Waals surface area contributed by atoms with Gasteiger partial charge in [0.1, 0.15) is 0 Å². The summed E-state index contributed by atoms with van der Waals surface area (Å²) in [7, 11) is 0. The molecule has 2 fully saturated rings. The van der Waals surface area contributed by atoms with Crippen molar-refractivity contribution in [2.75, 3.05) is 52.4 Å². The zero-order valence-corrected chi connectivity index (χ0v) is 11.5. The number of rotatable bonds is 6. The lowest BCUT2D eigenvalue weighted by molar-refractivity contribution is 0.203. The fraction of sp³-hybridized carbons (Fsp3) is 1.00. The van der Waals surface area contributed by atoms with E-state index in [1.807, 2.05) is 0 Å². The molecule has 1 N–H and O–H groups in total. The van der Waals surface area contributed by atoms with Gasteiger partial charge < -0.3 is 15.1 Å². The van der Waals surface area contributed by atoms with Crippen LogP contribution in [0.2, 0.25) is 0 Å². The van der Waals surface area contributed by atoms with Gasteiger partial charge in [-0.1, -0.05) is 19.8 Å². The van der Waals surface area contributed by atoms with Crippen molar-refractivity contribution in [2.45, 2.75) is 32.6 Å². The Bertz CT molecular complexity index is 202. The summed E-state index contributed by atoms with van der Waals surface area (Å²) in [6.45, 7) is 12.6. The van der Waals surface area contributed by atoms with Gasteiger partial charge in [-0.3, -0.25) is 0 Å². The lowest BCUT2D eigenvalue weighted by Crippen LogP contribution is -2.45. The third-order valence-corrected chi connectivity index (χ3v) is 4.17. The minimum Gasteiger partial charge on any atom is -0.314 e. The Balaban J connectivity index is 1.60. The standard InChI is InChI=1S/C14H29N3/c1-2-3-4-8-16-9-5-14(12-16)13-17-10-6-15-7-11-17/h14-15H,2-13H2,1H3. The van der Waals surface area contributed by atoms with Gasteiger partial charge >= 0.3 is 0 Å². The van der Waals surface area contributed by atoms with Gasteiger partial charge in [0.05, 0.1) is 0 Å². The monoisotopic (exact) mass is 239 g/mol. The van der Waals surface area contributed by atoms with E-state index in [0.29, 0.717) is 0 Å². The molecule has 2 heterocycles. The van der Waals surface area contributed by atoms with E-state index in [1.165, 1.54) is 78.0 Å². The molecule has 2 aliphatic heterocycles. The molecule has 3 heteroatoms. The predicted octanol–water partition coefficient (Wildman–Crippen LogP) is 1.40. The largest absolute Gasteiger partial charge is 0.314 e. The van der Waals surface area contributed by atoms with Gasteiger partial charge in [-0.25, -0.2) is 0 Å². The summed E-state index contributed by atoms with van der Waals surface area (Å²) in [5.74, 6) is 0.940. The molecule has 1 atom stereocenters. The van der Waals surface area contributed by atoms with Crippen molar-refractivity contribution < 1.29 is 0 Å². The Labute approximate surface area is 107 Å². The van der Waals surface area contributed by atoms with Gasteiger partial charge in [0.15, 0.2) is 0 Å². The summed E-state index contributed by atoms with van der Waals surface area (Å²) in [6.07, 6.45) is 5.57. The Hall–Kier alpha value is -0.120. The normalized spacial score (nSPS) is 27.7. The van der Waals surface area contributed by atoms with Crippen LogP contribution in [0.5, 0.6) is 0 Å². The number of hydrogen-bond donors (Lipinski definition) is 1. The summed E-state index contributed by atoms with van der Waals surface area (Å²) in [4.78, 5) is 5.33. The molecule has 1 unspecified atom stereocenters. The van der Waals surface area contributed by atoms with Crippen LogP contribution in [-0.2, 0) is 0 Å². The van der Waals surface area contributed by atoms with Crippen LogP contribution >= 0.6 is 0 Å². The summed E-state index contributed by atoms with van der Waals surface area (Å²) >= 11 is 0. The average Bonchev–Trinajstić information content (AvgIpc) is 2.79. The van der Waals surface area contributed by atoms with Crippen LogP contribution in [0.25, 0.3) is 0 Å². The Kier molecular flexibility index (Phi) is 5.75. The van der Waals surface area contributed by atoms with E-state index in [2.05, 4.69) is 22.0 Å². The molecule has 100 valence electrons. The van der Waals surface area contributed by atoms with E-state index < -0.39 is 0 Å². The molecule has 2 rings (SSSR count). The molecule has 0 spiro atoms. The van der Waals surface area contributed by atoms with Crippen LogP contribution in [0.4, 0.5) is 0 Å². The van der Waals surface area contributed by atoms with Crippen LogP contribution in [0, 0.1) is 5.92 Å². The summed E-state index contributed by atoms with van der Waals surface area (Å²) in [5, 5.41) is 3.43. The van der Waals surface area contributed by atoms with Crippen molar-refractivity contribution in [3.63, 3.8) is 0 Å². The maximum atomic E-state index is 3.43. The molecule has 0 aliphatic carbocycles. The molecule has 0 radical (unpaired) electrons. The maximum absolute atomic E-state index is 3.43. The van der Waals surface area contributed by atoms with Crippen molar-refractivity contribution in [2.24, 2.45) is 5.92 Å². The van der Waals surface area contributed by atoms with E-state index in [4.69, 9.17) is 0 Å². The first kappa shape index (κ1) is 13.3. The Morgan fingerprint density at radius 1 is 1.06 bits per heavy atom. The van der Waals surface area contributed by atoms with Crippen LogP contribution in [0.3, 0.4) is 0 Å². The molecule has 2 saturated heterocycles. The number of nitrogens with one attached hydrogen (secondary N) is 1. The maximum Gasteiger partial charge on any atom is 0.0107 e. The van der Waals surface area contributed by atoms with Gasteiger partial charge in [-0.15, -0.1) is 0 Å². The van der Waals surface area contributed by atoms with Crippen molar-refractivity contribution in [1.29, 1.82) is 0 Å². The number of unbranched alkanes of at least 4 members (excludes halogenated alkanes) is 2. The molecule has 0 aromatic heterocycles. The lowest BCUT2D eigenvalue weighted by atomic mass is 10.1. The number of piperazine rings is 1. The summed E-state index contributed by atoms with van der Waals surface area (Å²) in [5.41, 5.74) is 0. The SMILES string of the molecule is CCCCCN1CCC(CN2CCNCC2)C1. The first-order valence-corrected chi connectivity index (χ1v) is 7.54. The van der Waals surface area contributed by atoms with E-state index in [9.17, 15) is 0 Å². The summed E-state index contributed by atoms with van der Waals surface area (Å²) < 4.78 is 0. The highest BCUT2D eigenvalue weighted by molar-refractivity contribution is 4.79. The Morgan fingerprint density at radius 2 is 1.88 bits per heavy atom. The predicted molar refractivity (Wildman–Crippen MR) is 73.4 cm³/mol. The van der Waals surface area contributed by atoms with Crippen molar-refractivity contribution in [3.05, 3.63) is 0 Å². The van der Waals surface area contributed by atoms with Gasteiger partial charge in [-0.05, 0) is 31.8 Å². The second-order valence-corrected chi connectivity index (χ2v) is 5.71.